The van der Waals surface area contributed by atoms with Gasteiger partial charge in [-0.15, -0.1) is 0 Å². The van der Waals surface area contributed by atoms with Crippen LogP contribution < -0.4 is 0 Å². The van der Waals surface area contributed by atoms with Crippen molar-refractivity contribution in [3.05, 3.63) is 45.7 Å². The second kappa shape index (κ2) is 3.97. The average molecular weight is 263 g/mol. The highest BCUT2D eigenvalue weighted by molar-refractivity contribution is 6.34. The van der Waals surface area contributed by atoms with Crippen LogP contribution in [0.2, 0.25) is 15.2 Å². The fourth-order valence-electron chi connectivity index (χ4n) is 1.28. The van der Waals surface area contributed by atoms with Gasteiger partial charge < -0.3 is 9.67 Å². The quantitative estimate of drug-likeness (QED) is 0.821. The first-order valence-corrected chi connectivity index (χ1v) is 5.23. The number of benzene rings is 1. The average Bonchev–Trinajstić information content (AvgIpc) is 2.50. The van der Waals surface area contributed by atoms with Gasteiger partial charge in [0.1, 0.15) is 10.9 Å². The van der Waals surface area contributed by atoms with E-state index in [9.17, 15) is 5.11 Å². The summed E-state index contributed by atoms with van der Waals surface area (Å²) in [6.45, 7) is 0. The topological polar surface area (TPSA) is 25.2 Å². The van der Waals surface area contributed by atoms with E-state index >= 15 is 0 Å². The van der Waals surface area contributed by atoms with Crippen molar-refractivity contribution in [1.29, 1.82) is 0 Å². The van der Waals surface area contributed by atoms with E-state index in [0.717, 1.165) is 0 Å². The summed E-state index contributed by atoms with van der Waals surface area (Å²) >= 11 is 17.5. The van der Waals surface area contributed by atoms with Crippen LogP contribution in [0.5, 0.6) is 5.75 Å². The lowest BCUT2D eigenvalue weighted by Crippen LogP contribution is -1.92. The number of phenolic OH excluding ortho intramolecular Hbond substituents is 1. The third-order valence-corrected chi connectivity index (χ3v) is 2.67. The van der Waals surface area contributed by atoms with Crippen LogP contribution in [0.25, 0.3) is 5.69 Å². The van der Waals surface area contributed by atoms with Gasteiger partial charge in [-0.05, 0) is 24.3 Å². The molecule has 2 rings (SSSR count). The Bertz CT molecular complexity index is 507. The van der Waals surface area contributed by atoms with Crippen LogP contribution in [0.3, 0.4) is 0 Å². The maximum Gasteiger partial charge on any atom is 0.139 e. The fourth-order valence-corrected chi connectivity index (χ4v) is 1.96. The van der Waals surface area contributed by atoms with E-state index in [1.165, 1.54) is 6.07 Å². The van der Waals surface area contributed by atoms with Crippen LogP contribution >= 0.6 is 34.8 Å². The van der Waals surface area contributed by atoms with Gasteiger partial charge in [-0.25, -0.2) is 0 Å². The molecular weight excluding hydrogens is 256 g/mol. The van der Waals surface area contributed by atoms with Crippen LogP contribution in [0.1, 0.15) is 0 Å². The monoisotopic (exact) mass is 261 g/mol. The molecule has 0 spiro atoms. The summed E-state index contributed by atoms with van der Waals surface area (Å²) in [5.41, 5.74) is 0.499. The van der Waals surface area contributed by atoms with E-state index < -0.39 is 0 Å². The number of hydrogen-bond donors (Lipinski definition) is 1. The van der Waals surface area contributed by atoms with Crippen molar-refractivity contribution in [2.75, 3.05) is 0 Å². The lowest BCUT2D eigenvalue weighted by atomic mass is 10.3. The molecule has 1 aromatic carbocycles. The lowest BCUT2D eigenvalue weighted by Gasteiger charge is -2.07. The highest BCUT2D eigenvalue weighted by atomic mass is 35.5. The van der Waals surface area contributed by atoms with E-state index in [0.29, 0.717) is 20.9 Å². The third kappa shape index (κ3) is 2.07. The molecule has 0 aliphatic heterocycles. The molecule has 0 unspecified atom stereocenters. The number of aromatic hydroxyl groups is 1. The summed E-state index contributed by atoms with van der Waals surface area (Å²) in [5.74, 6) is 0.0913. The largest absolute Gasteiger partial charge is 0.506 e. The first-order valence-electron chi connectivity index (χ1n) is 4.10. The Morgan fingerprint density at radius 3 is 2.33 bits per heavy atom. The zero-order valence-corrected chi connectivity index (χ0v) is 9.68. The minimum Gasteiger partial charge on any atom is -0.506 e. The van der Waals surface area contributed by atoms with E-state index in [4.69, 9.17) is 34.8 Å². The molecule has 1 heterocycles. The molecule has 0 fully saturated rings. The second-order valence-corrected chi connectivity index (χ2v) is 4.24. The number of phenols is 1. The highest BCUT2D eigenvalue weighted by Crippen LogP contribution is 2.30. The summed E-state index contributed by atoms with van der Waals surface area (Å²) in [6, 6.07) is 6.30. The first kappa shape index (κ1) is 10.7. The zero-order chi connectivity index (χ0) is 11.0. The van der Waals surface area contributed by atoms with E-state index in [2.05, 4.69) is 0 Å². The number of rotatable bonds is 1. The van der Waals surface area contributed by atoms with Crippen LogP contribution in [-0.2, 0) is 0 Å². The van der Waals surface area contributed by atoms with Gasteiger partial charge in [0.05, 0.1) is 10.7 Å². The van der Waals surface area contributed by atoms with Crippen molar-refractivity contribution in [3.63, 3.8) is 0 Å². The number of hydrogen-bond acceptors (Lipinski definition) is 1. The molecule has 0 saturated heterocycles. The molecule has 78 valence electrons. The van der Waals surface area contributed by atoms with Crippen LogP contribution in [0.15, 0.2) is 30.5 Å². The van der Waals surface area contributed by atoms with Gasteiger partial charge in [-0.1, -0.05) is 34.8 Å². The Balaban J connectivity index is 2.62. The van der Waals surface area contributed by atoms with E-state index in [1.54, 1.807) is 29.0 Å². The smallest absolute Gasteiger partial charge is 0.139 e. The van der Waals surface area contributed by atoms with Crippen molar-refractivity contribution in [2.24, 2.45) is 0 Å². The summed E-state index contributed by atoms with van der Waals surface area (Å²) in [4.78, 5) is 0. The van der Waals surface area contributed by atoms with Crippen molar-refractivity contribution in [1.82, 2.24) is 4.57 Å². The SMILES string of the molecule is Oc1ccc(Cl)cc1-n1cc(Cl)cc1Cl. The maximum absolute atomic E-state index is 9.64. The number of nitrogens with zero attached hydrogens (tertiary/aromatic N) is 1. The lowest BCUT2D eigenvalue weighted by molar-refractivity contribution is 0.472. The van der Waals surface area contributed by atoms with E-state index in [1.807, 2.05) is 0 Å². The van der Waals surface area contributed by atoms with E-state index in [-0.39, 0.29) is 5.75 Å². The fraction of sp³-hybridized carbons (Fsp3) is 0. The number of aromatic nitrogens is 1. The van der Waals surface area contributed by atoms with Gasteiger partial charge in [0.25, 0.3) is 0 Å². The summed E-state index contributed by atoms with van der Waals surface area (Å²) in [6.07, 6.45) is 1.61. The summed E-state index contributed by atoms with van der Waals surface area (Å²) in [7, 11) is 0. The van der Waals surface area contributed by atoms with Crippen molar-refractivity contribution >= 4 is 34.8 Å². The van der Waals surface area contributed by atoms with Crippen LogP contribution in [-0.4, -0.2) is 9.67 Å². The molecule has 0 aliphatic rings. The molecular formula is C10H6Cl3NO. The summed E-state index contributed by atoms with van der Waals surface area (Å²) in [5, 5.41) is 11.1. The van der Waals surface area contributed by atoms with Crippen molar-refractivity contribution in [3.8, 4) is 11.4 Å². The second-order valence-electron chi connectivity index (χ2n) is 2.98. The van der Waals surface area contributed by atoms with Crippen LogP contribution in [0.4, 0.5) is 0 Å². The Morgan fingerprint density at radius 1 is 1.00 bits per heavy atom. The van der Waals surface area contributed by atoms with Crippen LogP contribution in [0, 0.1) is 0 Å². The molecule has 15 heavy (non-hydrogen) atoms. The molecule has 0 aliphatic carbocycles. The van der Waals surface area contributed by atoms with Gasteiger partial charge in [-0.3, -0.25) is 0 Å². The molecule has 0 radical (unpaired) electrons. The minimum atomic E-state index is 0.0913. The van der Waals surface area contributed by atoms with Gasteiger partial charge in [-0.2, -0.15) is 0 Å². The molecule has 0 bridgehead atoms. The van der Waals surface area contributed by atoms with Gasteiger partial charge in [0, 0.05) is 11.2 Å². The standard InChI is InChI=1S/C10H6Cl3NO/c11-6-1-2-9(15)8(3-6)14-5-7(12)4-10(14)13/h1-5,15H. The molecule has 0 atom stereocenters. The van der Waals surface area contributed by atoms with Gasteiger partial charge >= 0.3 is 0 Å². The first-order chi connectivity index (χ1) is 7.08. The third-order valence-electron chi connectivity index (χ3n) is 1.94. The molecule has 0 saturated carbocycles. The molecule has 1 aromatic heterocycles. The van der Waals surface area contributed by atoms with Gasteiger partial charge in [0.2, 0.25) is 0 Å². The van der Waals surface area contributed by atoms with Crippen molar-refractivity contribution in [2.45, 2.75) is 0 Å². The summed E-state index contributed by atoms with van der Waals surface area (Å²) < 4.78 is 1.56. The highest BCUT2D eigenvalue weighted by Gasteiger charge is 2.09. The molecule has 5 heteroatoms. The Labute approximate surface area is 102 Å². The Hall–Kier alpha value is -0.830. The predicted molar refractivity (Wildman–Crippen MR) is 62.5 cm³/mol. The predicted octanol–water partition coefficient (Wildman–Crippen LogP) is 4.14. The van der Waals surface area contributed by atoms with Crippen molar-refractivity contribution < 1.29 is 5.11 Å². The minimum absolute atomic E-state index is 0.0913. The molecule has 0 amide bonds. The Kier molecular flexibility index (Phi) is 2.83. The Morgan fingerprint density at radius 2 is 1.73 bits per heavy atom. The molecule has 2 aromatic rings. The maximum atomic E-state index is 9.64. The zero-order valence-electron chi connectivity index (χ0n) is 7.42. The molecule has 1 N–H and O–H groups in total. The number of halogens is 3. The molecule has 2 nitrogen and oxygen atoms in total. The van der Waals surface area contributed by atoms with Gasteiger partial charge in [0.15, 0.2) is 0 Å². The normalized spacial score (nSPS) is 10.6.